The highest BCUT2D eigenvalue weighted by Crippen LogP contribution is 2.35. The zero-order chi connectivity index (χ0) is 20.9. The van der Waals surface area contributed by atoms with E-state index >= 15 is 0 Å². The first kappa shape index (κ1) is 21.3. The molecule has 0 aliphatic carbocycles. The van der Waals surface area contributed by atoms with Crippen molar-refractivity contribution in [3.8, 4) is 0 Å². The average molecular weight is 398 g/mol. The van der Waals surface area contributed by atoms with E-state index in [2.05, 4.69) is 29.2 Å². The Balaban J connectivity index is 1.93. The Morgan fingerprint density at radius 1 is 0.931 bits per heavy atom. The van der Waals surface area contributed by atoms with Crippen LogP contribution in [0.15, 0.2) is 60.7 Å². The van der Waals surface area contributed by atoms with E-state index in [-0.39, 0.29) is 24.2 Å². The van der Waals surface area contributed by atoms with Crippen molar-refractivity contribution in [1.82, 2.24) is 4.90 Å². The van der Waals surface area contributed by atoms with Crippen molar-refractivity contribution in [3.05, 3.63) is 71.8 Å². The summed E-state index contributed by atoms with van der Waals surface area (Å²) in [4.78, 5) is 14.3. The SMILES string of the molecule is CC(C)(C)[C@H]1OC(=O)O[C@@H]1[C@H](CCO)N(Cc1ccccc1)Cc1ccccc1. The molecule has 5 heteroatoms. The fraction of sp³-hybridized carbons (Fsp3) is 0.458. The van der Waals surface area contributed by atoms with Gasteiger partial charge in [-0.25, -0.2) is 4.79 Å². The molecule has 29 heavy (non-hydrogen) atoms. The molecule has 2 aromatic carbocycles. The third kappa shape index (κ3) is 5.58. The van der Waals surface area contributed by atoms with Crippen LogP contribution in [0.3, 0.4) is 0 Å². The summed E-state index contributed by atoms with van der Waals surface area (Å²) in [7, 11) is 0. The number of aliphatic hydroxyl groups excluding tert-OH is 1. The van der Waals surface area contributed by atoms with Gasteiger partial charge in [0.05, 0.1) is 6.04 Å². The molecule has 0 amide bonds. The smallest absolute Gasteiger partial charge is 0.426 e. The average Bonchev–Trinajstić information content (AvgIpc) is 3.09. The number of rotatable bonds is 8. The predicted octanol–water partition coefficient (Wildman–Crippen LogP) is 4.39. The first-order valence-corrected chi connectivity index (χ1v) is 10.2. The van der Waals surface area contributed by atoms with Gasteiger partial charge >= 0.3 is 6.16 Å². The maximum Gasteiger partial charge on any atom is 0.509 e. The van der Waals surface area contributed by atoms with Gasteiger partial charge in [0.1, 0.15) is 6.10 Å². The second kappa shape index (κ2) is 9.42. The summed E-state index contributed by atoms with van der Waals surface area (Å²) in [5, 5.41) is 9.83. The number of nitrogens with zero attached hydrogens (tertiary/aromatic N) is 1. The van der Waals surface area contributed by atoms with Crippen LogP contribution in [-0.4, -0.2) is 41.0 Å². The van der Waals surface area contributed by atoms with E-state index in [1.54, 1.807) is 0 Å². The molecule has 0 saturated carbocycles. The van der Waals surface area contributed by atoms with Crippen LogP contribution >= 0.6 is 0 Å². The van der Waals surface area contributed by atoms with Crippen LogP contribution in [0.2, 0.25) is 0 Å². The Morgan fingerprint density at radius 2 is 1.45 bits per heavy atom. The van der Waals surface area contributed by atoms with Crippen LogP contribution in [-0.2, 0) is 22.6 Å². The van der Waals surface area contributed by atoms with E-state index in [4.69, 9.17) is 9.47 Å². The molecule has 156 valence electrons. The number of carbonyl (C=O) groups is 1. The largest absolute Gasteiger partial charge is 0.509 e. The van der Waals surface area contributed by atoms with Crippen LogP contribution in [0.25, 0.3) is 0 Å². The highest BCUT2D eigenvalue weighted by atomic mass is 16.8. The molecule has 0 bridgehead atoms. The quantitative estimate of drug-likeness (QED) is 0.670. The molecule has 3 atom stereocenters. The van der Waals surface area contributed by atoms with E-state index in [0.717, 1.165) is 0 Å². The summed E-state index contributed by atoms with van der Waals surface area (Å²) in [5.74, 6) is 0. The third-order valence-electron chi connectivity index (χ3n) is 5.34. The van der Waals surface area contributed by atoms with Gasteiger partial charge in [0.25, 0.3) is 0 Å². The summed E-state index contributed by atoms with van der Waals surface area (Å²) in [6.07, 6.45) is -0.951. The predicted molar refractivity (Wildman–Crippen MR) is 112 cm³/mol. The summed E-state index contributed by atoms with van der Waals surface area (Å²) in [6, 6.07) is 20.3. The third-order valence-corrected chi connectivity index (χ3v) is 5.34. The minimum Gasteiger partial charge on any atom is -0.426 e. The van der Waals surface area contributed by atoms with Gasteiger partial charge in [-0.1, -0.05) is 81.4 Å². The van der Waals surface area contributed by atoms with Crippen LogP contribution in [0.5, 0.6) is 0 Å². The standard InChI is InChI=1S/C24H31NO4/c1-24(2,3)22-21(28-23(27)29-22)20(14-15-26)25(16-18-10-6-4-7-11-18)17-19-12-8-5-9-13-19/h4-13,20-22,26H,14-17H2,1-3H3/t20-,21+,22-/m0/s1. The molecule has 3 rings (SSSR count). The zero-order valence-electron chi connectivity index (χ0n) is 17.5. The molecule has 0 aromatic heterocycles. The molecule has 1 aliphatic heterocycles. The first-order valence-electron chi connectivity index (χ1n) is 10.2. The fourth-order valence-electron chi connectivity index (χ4n) is 3.93. The van der Waals surface area contributed by atoms with Crippen LogP contribution in [0.1, 0.15) is 38.3 Å². The first-order chi connectivity index (χ1) is 13.9. The van der Waals surface area contributed by atoms with Crippen LogP contribution in [0, 0.1) is 5.41 Å². The number of benzene rings is 2. The zero-order valence-corrected chi connectivity index (χ0v) is 17.5. The Labute approximate surface area is 173 Å². The molecule has 0 radical (unpaired) electrons. The topological polar surface area (TPSA) is 59.0 Å². The molecule has 2 aromatic rings. The minimum atomic E-state index is -0.628. The van der Waals surface area contributed by atoms with Gasteiger partial charge in [0.15, 0.2) is 6.10 Å². The van der Waals surface area contributed by atoms with E-state index in [1.807, 2.05) is 57.2 Å². The lowest BCUT2D eigenvalue weighted by Crippen LogP contribution is -2.50. The molecule has 5 nitrogen and oxygen atoms in total. The van der Waals surface area contributed by atoms with Gasteiger partial charge in [-0.15, -0.1) is 0 Å². The Bertz CT molecular complexity index is 731. The van der Waals surface area contributed by atoms with Gasteiger partial charge in [-0.2, -0.15) is 0 Å². The molecular formula is C24H31NO4. The van der Waals surface area contributed by atoms with Gasteiger partial charge in [-0.3, -0.25) is 4.90 Å². The lowest BCUT2D eigenvalue weighted by molar-refractivity contribution is -0.0132. The van der Waals surface area contributed by atoms with E-state index < -0.39 is 12.3 Å². The summed E-state index contributed by atoms with van der Waals surface area (Å²) >= 11 is 0. The number of ether oxygens (including phenoxy) is 2. The van der Waals surface area contributed by atoms with Crippen molar-refractivity contribution in [1.29, 1.82) is 0 Å². The van der Waals surface area contributed by atoms with E-state index in [1.165, 1.54) is 11.1 Å². The van der Waals surface area contributed by atoms with Crippen molar-refractivity contribution in [2.45, 2.75) is 58.5 Å². The second-order valence-electron chi connectivity index (χ2n) is 8.69. The summed E-state index contributed by atoms with van der Waals surface area (Å²) in [6.45, 7) is 7.51. The maximum atomic E-state index is 12.0. The van der Waals surface area contributed by atoms with Crippen molar-refractivity contribution >= 4 is 6.16 Å². The van der Waals surface area contributed by atoms with Crippen LogP contribution in [0.4, 0.5) is 4.79 Å². The molecule has 1 N–H and O–H groups in total. The Hall–Kier alpha value is -2.37. The van der Waals surface area contributed by atoms with Crippen LogP contribution < -0.4 is 0 Å². The van der Waals surface area contributed by atoms with Crippen molar-refractivity contribution in [2.24, 2.45) is 5.41 Å². The monoisotopic (exact) mass is 397 g/mol. The van der Waals surface area contributed by atoms with Crippen molar-refractivity contribution in [3.63, 3.8) is 0 Å². The minimum absolute atomic E-state index is 0.00958. The highest BCUT2D eigenvalue weighted by molar-refractivity contribution is 5.63. The summed E-state index contributed by atoms with van der Waals surface area (Å²) < 4.78 is 11.2. The molecule has 1 aliphatic rings. The Kier molecular flexibility index (Phi) is 6.93. The van der Waals surface area contributed by atoms with Gasteiger partial charge in [-0.05, 0) is 17.5 Å². The van der Waals surface area contributed by atoms with Gasteiger partial charge in [0.2, 0.25) is 0 Å². The second-order valence-corrected chi connectivity index (χ2v) is 8.69. The maximum absolute atomic E-state index is 12.0. The molecular weight excluding hydrogens is 366 g/mol. The molecule has 0 unspecified atom stereocenters. The lowest BCUT2D eigenvalue weighted by atomic mass is 9.82. The van der Waals surface area contributed by atoms with Crippen molar-refractivity contribution < 1.29 is 19.4 Å². The molecule has 1 heterocycles. The van der Waals surface area contributed by atoms with Crippen molar-refractivity contribution in [2.75, 3.05) is 6.61 Å². The van der Waals surface area contributed by atoms with Gasteiger partial charge in [0, 0.05) is 25.1 Å². The highest BCUT2D eigenvalue weighted by Gasteiger charge is 2.49. The summed E-state index contributed by atoms with van der Waals surface area (Å²) in [5.41, 5.74) is 2.07. The number of carbonyl (C=O) groups excluding carboxylic acids is 1. The number of cyclic esters (lactones) is 2. The number of hydrogen-bond donors (Lipinski definition) is 1. The Morgan fingerprint density at radius 3 is 1.90 bits per heavy atom. The number of hydrogen-bond acceptors (Lipinski definition) is 5. The fourth-order valence-corrected chi connectivity index (χ4v) is 3.93. The van der Waals surface area contributed by atoms with E-state index in [0.29, 0.717) is 19.5 Å². The molecule has 1 saturated heterocycles. The molecule has 0 spiro atoms. The normalized spacial score (nSPS) is 20.4. The van der Waals surface area contributed by atoms with E-state index in [9.17, 15) is 9.90 Å². The number of aliphatic hydroxyl groups is 1. The molecule has 1 fully saturated rings. The lowest BCUT2D eigenvalue weighted by Gasteiger charge is -2.38. The van der Waals surface area contributed by atoms with Gasteiger partial charge < -0.3 is 14.6 Å².